The second-order valence-electron chi connectivity index (χ2n) is 7.34. The van der Waals surface area contributed by atoms with Crippen molar-refractivity contribution in [3.05, 3.63) is 70.5 Å². The van der Waals surface area contributed by atoms with Crippen molar-refractivity contribution in [3.63, 3.8) is 0 Å². The maximum absolute atomic E-state index is 14.2. The normalized spacial score (nSPS) is 16.4. The second kappa shape index (κ2) is 7.95. The Morgan fingerprint density at radius 2 is 2.07 bits per heavy atom. The quantitative estimate of drug-likeness (QED) is 0.668. The maximum Gasteiger partial charge on any atom is 0.255 e. The van der Waals surface area contributed by atoms with Gasteiger partial charge in [-0.3, -0.25) is 14.3 Å². The third-order valence-electron chi connectivity index (χ3n) is 5.38. The average molecular weight is 404 g/mol. The van der Waals surface area contributed by atoms with Crippen molar-refractivity contribution in [2.75, 3.05) is 29.4 Å². The van der Waals surface area contributed by atoms with Crippen LogP contribution in [0.5, 0.6) is 0 Å². The highest BCUT2D eigenvalue weighted by Gasteiger charge is 2.27. The predicted octanol–water partition coefficient (Wildman–Crippen LogP) is 2.57. The Kier molecular flexibility index (Phi) is 5.19. The Hall–Kier alpha value is -3.73. The maximum atomic E-state index is 14.2. The van der Waals surface area contributed by atoms with Gasteiger partial charge in [0.1, 0.15) is 0 Å². The first-order valence-electron chi connectivity index (χ1n) is 9.67. The minimum absolute atomic E-state index is 0.0557. The lowest BCUT2D eigenvalue weighted by atomic mass is 10.1. The van der Waals surface area contributed by atoms with Gasteiger partial charge in [0.05, 0.1) is 23.5 Å². The minimum atomic E-state index is -0.514. The molecule has 0 radical (unpaired) electrons. The molecule has 1 aliphatic rings. The third-order valence-corrected chi connectivity index (χ3v) is 5.38. The van der Waals surface area contributed by atoms with Crippen molar-refractivity contribution in [1.29, 1.82) is 5.26 Å². The van der Waals surface area contributed by atoms with Gasteiger partial charge in [-0.05, 0) is 31.2 Å². The molecule has 1 aliphatic heterocycles. The van der Waals surface area contributed by atoms with Crippen LogP contribution in [0.15, 0.2) is 53.6 Å². The molecule has 3 aromatic rings. The van der Waals surface area contributed by atoms with Gasteiger partial charge in [-0.1, -0.05) is 6.07 Å². The summed E-state index contributed by atoms with van der Waals surface area (Å²) in [4.78, 5) is 25.2. The number of rotatable bonds is 3. The summed E-state index contributed by atoms with van der Waals surface area (Å²) in [5.74, 6) is -0.00826. The summed E-state index contributed by atoms with van der Waals surface area (Å²) in [6, 6.07) is 12.6. The van der Waals surface area contributed by atoms with Crippen molar-refractivity contribution in [3.8, 4) is 17.3 Å². The molecule has 1 aromatic carbocycles. The van der Waals surface area contributed by atoms with E-state index in [0.29, 0.717) is 36.8 Å². The third kappa shape index (κ3) is 3.62. The van der Waals surface area contributed by atoms with Crippen LogP contribution in [0.3, 0.4) is 0 Å². The van der Waals surface area contributed by atoms with Gasteiger partial charge in [0.2, 0.25) is 5.95 Å². The Balaban J connectivity index is 1.64. The largest absolute Gasteiger partial charge is 0.368 e. The van der Waals surface area contributed by atoms with E-state index in [0.717, 1.165) is 11.9 Å². The molecule has 4 rings (SSSR count). The van der Waals surface area contributed by atoms with E-state index in [4.69, 9.17) is 5.26 Å². The molecule has 1 saturated heterocycles. The van der Waals surface area contributed by atoms with Crippen LogP contribution in [0, 0.1) is 17.1 Å². The van der Waals surface area contributed by atoms with Crippen molar-refractivity contribution in [2.24, 2.45) is 7.05 Å². The molecule has 1 fully saturated rings. The van der Waals surface area contributed by atoms with Crippen LogP contribution in [0.1, 0.15) is 12.5 Å². The number of halogens is 1. The SMILES string of the molecule is C[C@@H]1CN(c2cccc(C#N)c2)CCN1c1nc(-c2ccncc2F)cc(=O)n1C. The van der Waals surface area contributed by atoms with Gasteiger partial charge in [0, 0.05) is 56.2 Å². The summed E-state index contributed by atoms with van der Waals surface area (Å²) < 4.78 is 15.7. The molecule has 0 unspecified atom stereocenters. The standard InChI is InChI=1S/C22H21FN6O/c1-15-14-28(17-5-3-4-16(10-17)12-24)8-9-29(15)22-26-20(11-21(30)27(22)2)18-6-7-25-13-19(18)23/h3-7,10-11,13,15H,8-9,14H2,1-2H3/t15-/m1/s1. The summed E-state index contributed by atoms with van der Waals surface area (Å²) in [6.45, 7) is 4.12. The van der Waals surface area contributed by atoms with Gasteiger partial charge in [0.25, 0.3) is 5.56 Å². The Morgan fingerprint density at radius 1 is 1.23 bits per heavy atom. The molecular weight excluding hydrogens is 383 g/mol. The van der Waals surface area contributed by atoms with Gasteiger partial charge in [0.15, 0.2) is 5.82 Å². The number of anilines is 2. The van der Waals surface area contributed by atoms with E-state index in [9.17, 15) is 9.18 Å². The Labute approximate surface area is 173 Å². The summed E-state index contributed by atoms with van der Waals surface area (Å²) in [5, 5.41) is 9.15. The van der Waals surface area contributed by atoms with Gasteiger partial charge in [-0.2, -0.15) is 5.26 Å². The van der Waals surface area contributed by atoms with Crippen LogP contribution in [-0.2, 0) is 7.05 Å². The molecular formula is C22H21FN6O. The van der Waals surface area contributed by atoms with Crippen LogP contribution in [0.25, 0.3) is 11.3 Å². The summed E-state index contributed by atoms with van der Waals surface area (Å²) in [5.41, 5.74) is 1.92. The van der Waals surface area contributed by atoms with Crippen molar-refractivity contribution in [2.45, 2.75) is 13.0 Å². The zero-order valence-corrected chi connectivity index (χ0v) is 16.8. The van der Waals surface area contributed by atoms with E-state index in [1.54, 1.807) is 13.1 Å². The highest BCUT2D eigenvalue weighted by Crippen LogP contribution is 2.25. The number of nitrogens with zero attached hydrogens (tertiary/aromatic N) is 6. The van der Waals surface area contributed by atoms with E-state index < -0.39 is 5.82 Å². The first kappa shape index (κ1) is 19.6. The number of nitriles is 1. The topological polar surface area (TPSA) is 78.1 Å². The fourth-order valence-corrected chi connectivity index (χ4v) is 3.77. The smallest absolute Gasteiger partial charge is 0.255 e. The average Bonchev–Trinajstić information content (AvgIpc) is 2.76. The first-order valence-corrected chi connectivity index (χ1v) is 9.67. The molecule has 0 spiro atoms. The predicted molar refractivity (Wildman–Crippen MR) is 113 cm³/mol. The van der Waals surface area contributed by atoms with E-state index in [1.807, 2.05) is 18.2 Å². The van der Waals surface area contributed by atoms with Crippen LogP contribution in [-0.4, -0.2) is 40.2 Å². The van der Waals surface area contributed by atoms with Crippen LogP contribution in [0.2, 0.25) is 0 Å². The molecule has 0 N–H and O–H groups in total. The lowest BCUT2D eigenvalue weighted by Gasteiger charge is -2.42. The molecule has 1 atom stereocenters. The Morgan fingerprint density at radius 3 is 2.80 bits per heavy atom. The number of hydrogen-bond acceptors (Lipinski definition) is 6. The van der Waals surface area contributed by atoms with Crippen molar-refractivity contribution < 1.29 is 4.39 Å². The number of piperazine rings is 1. The zero-order chi connectivity index (χ0) is 21.3. The molecule has 30 heavy (non-hydrogen) atoms. The number of hydrogen-bond donors (Lipinski definition) is 0. The highest BCUT2D eigenvalue weighted by atomic mass is 19.1. The lowest BCUT2D eigenvalue weighted by Crippen LogP contribution is -2.53. The fraction of sp³-hybridized carbons (Fsp3) is 0.273. The highest BCUT2D eigenvalue weighted by molar-refractivity contribution is 5.61. The number of pyridine rings is 1. The van der Waals surface area contributed by atoms with Gasteiger partial charge in [-0.15, -0.1) is 0 Å². The van der Waals surface area contributed by atoms with Gasteiger partial charge < -0.3 is 9.80 Å². The minimum Gasteiger partial charge on any atom is -0.368 e. The first-order chi connectivity index (χ1) is 14.5. The lowest BCUT2D eigenvalue weighted by molar-refractivity contribution is 0.529. The number of aromatic nitrogens is 3. The molecule has 2 aromatic heterocycles. The summed E-state index contributed by atoms with van der Waals surface area (Å²) in [6.07, 6.45) is 2.60. The molecule has 0 amide bonds. The molecule has 0 aliphatic carbocycles. The molecule has 8 heteroatoms. The fourth-order valence-electron chi connectivity index (χ4n) is 3.77. The van der Waals surface area contributed by atoms with E-state index in [-0.39, 0.29) is 17.2 Å². The van der Waals surface area contributed by atoms with Crippen molar-refractivity contribution in [1.82, 2.24) is 14.5 Å². The van der Waals surface area contributed by atoms with Crippen LogP contribution >= 0.6 is 0 Å². The number of benzene rings is 1. The second-order valence-corrected chi connectivity index (χ2v) is 7.34. The molecule has 152 valence electrons. The van der Waals surface area contributed by atoms with E-state index in [2.05, 4.69) is 32.8 Å². The molecule has 7 nitrogen and oxygen atoms in total. The molecule has 0 bridgehead atoms. The Bertz CT molecular complexity index is 1180. The van der Waals surface area contributed by atoms with E-state index >= 15 is 0 Å². The summed E-state index contributed by atoms with van der Waals surface area (Å²) in [7, 11) is 1.67. The van der Waals surface area contributed by atoms with Crippen LogP contribution < -0.4 is 15.4 Å². The van der Waals surface area contributed by atoms with Crippen LogP contribution in [0.4, 0.5) is 16.0 Å². The molecule has 0 saturated carbocycles. The molecule has 3 heterocycles. The van der Waals surface area contributed by atoms with Gasteiger partial charge in [-0.25, -0.2) is 9.37 Å². The van der Waals surface area contributed by atoms with Gasteiger partial charge >= 0.3 is 0 Å². The summed E-state index contributed by atoms with van der Waals surface area (Å²) >= 11 is 0. The zero-order valence-electron chi connectivity index (χ0n) is 16.8. The monoisotopic (exact) mass is 404 g/mol. The van der Waals surface area contributed by atoms with Crippen molar-refractivity contribution >= 4 is 11.6 Å². The van der Waals surface area contributed by atoms with E-state index in [1.165, 1.54) is 22.9 Å².